The van der Waals surface area contributed by atoms with Gasteiger partial charge in [0, 0.05) is 24.2 Å². The molecule has 142 valence electrons. The minimum absolute atomic E-state index is 0.184. The van der Waals surface area contributed by atoms with Crippen molar-refractivity contribution in [2.45, 2.75) is 51.0 Å². The number of hydrogen-bond donors (Lipinski definition) is 2. The molecule has 2 aromatic heterocycles. The Labute approximate surface area is 158 Å². The van der Waals surface area contributed by atoms with Gasteiger partial charge >= 0.3 is 0 Å². The van der Waals surface area contributed by atoms with E-state index in [1.54, 1.807) is 26.0 Å². The predicted molar refractivity (Wildman–Crippen MR) is 102 cm³/mol. The maximum Gasteiger partial charge on any atom is 0.265 e. The third-order valence-corrected chi connectivity index (χ3v) is 6.46. The SMILES string of the molecule is Cc1n[nH]c(C)c1S(=O)(=O)Nc1cccc(-c2nnc3n2CCCCC3)c1. The van der Waals surface area contributed by atoms with Gasteiger partial charge in [-0.05, 0) is 38.8 Å². The van der Waals surface area contributed by atoms with Gasteiger partial charge in [0.25, 0.3) is 10.0 Å². The Hall–Kier alpha value is -2.68. The highest BCUT2D eigenvalue weighted by Gasteiger charge is 2.23. The molecule has 3 heterocycles. The van der Waals surface area contributed by atoms with Crippen molar-refractivity contribution < 1.29 is 8.42 Å². The van der Waals surface area contributed by atoms with E-state index in [2.05, 4.69) is 29.7 Å². The lowest BCUT2D eigenvalue weighted by molar-refractivity contribution is 0.600. The molecule has 1 aromatic carbocycles. The first-order valence-electron chi connectivity index (χ1n) is 9.02. The van der Waals surface area contributed by atoms with Crippen LogP contribution in [0.5, 0.6) is 0 Å². The second-order valence-electron chi connectivity index (χ2n) is 6.85. The number of nitrogens with one attached hydrogen (secondary N) is 2. The van der Waals surface area contributed by atoms with Crippen LogP contribution in [0.1, 0.15) is 36.5 Å². The number of aromatic nitrogens is 5. The molecular formula is C18H22N6O2S. The van der Waals surface area contributed by atoms with Crippen LogP contribution in [0.25, 0.3) is 11.4 Å². The molecule has 0 saturated heterocycles. The third kappa shape index (κ3) is 3.34. The number of anilines is 1. The Bertz CT molecular complexity index is 1060. The predicted octanol–water partition coefficient (Wildman–Crippen LogP) is 2.81. The van der Waals surface area contributed by atoms with E-state index < -0.39 is 10.0 Å². The zero-order chi connectivity index (χ0) is 19.0. The Morgan fingerprint density at radius 2 is 2.00 bits per heavy atom. The van der Waals surface area contributed by atoms with Crippen LogP contribution in [-0.4, -0.2) is 33.4 Å². The summed E-state index contributed by atoms with van der Waals surface area (Å²) in [5, 5.41) is 15.4. The number of nitrogens with zero attached hydrogens (tertiary/aromatic N) is 4. The van der Waals surface area contributed by atoms with Crippen LogP contribution in [0, 0.1) is 13.8 Å². The highest BCUT2D eigenvalue weighted by Crippen LogP contribution is 2.27. The largest absolute Gasteiger partial charge is 0.311 e. The van der Waals surface area contributed by atoms with Crippen molar-refractivity contribution >= 4 is 15.7 Å². The smallest absolute Gasteiger partial charge is 0.265 e. The van der Waals surface area contributed by atoms with E-state index in [1.165, 1.54) is 6.42 Å². The lowest BCUT2D eigenvalue weighted by Gasteiger charge is -2.11. The van der Waals surface area contributed by atoms with Gasteiger partial charge in [-0.3, -0.25) is 9.82 Å². The van der Waals surface area contributed by atoms with E-state index in [9.17, 15) is 8.42 Å². The molecule has 0 atom stereocenters. The summed E-state index contributed by atoms with van der Waals surface area (Å²) in [6.07, 6.45) is 4.34. The molecule has 4 rings (SSSR count). The summed E-state index contributed by atoms with van der Waals surface area (Å²) in [5.74, 6) is 1.78. The molecule has 27 heavy (non-hydrogen) atoms. The van der Waals surface area contributed by atoms with Crippen LogP contribution >= 0.6 is 0 Å². The summed E-state index contributed by atoms with van der Waals surface area (Å²) in [4.78, 5) is 0.184. The zero-order valence-corrected chi connectivity index (χ0v) is 16.2. The Morgan fingerprint density at radius 1 is 1.15 bits per heavy atom. The summed E-state index contributed by atoms with van der Waals surface area (Å²) in [7, 11) is -3.73. The maximum absolute atomic E-state index is 12.8. The molecule has 0 saturated carbocycles. The molecule has 2 N–H and O–H groups in total. The van der Waals surface area contributed by atoms with Crippen molar-refractivity contribution in [2.24, 2.45) is 0 Å². The molecule has 0 unspecified atom stereocenters. The molecule has 8 nitrogen and oxygen atoms in total. The first-order chi connectivity index (χ1) is 13.0. The lowest BCUT2D eigenvalue weighted by atomic mass is 10.2. The van der Waals surface area contributed by atoms with Crippen LogP contribution in [0.15, 0.2) is 29.2 Å². The van der Waals surface area contributed by atoms with Gasteiger partial charge < -0.3 is 4.57 Å². The van der Waals surface area contributed by atoms with Gasteiger partial charge in [0.2, 0.25) is 0 Å². The van der Waals surface area contributed by atoms with Gasteiger partial charge in [0.05, 0.1) is 11.4 Å². The average Bonchev–Trinajstić information content (AvgIpc) is 3.09. The number of benzene rings is 1. The molecule has 1 aliphatic heterocycles. The van der Waals surface area contributed by atoms with Crippen LogP contribution in [0.3, 0.4) is 0 Å². The molecule has 1 aliphatic rings. The molecule has 0 fully saturated rings. The quantitative estimate of drug-likeness (QED) is 0.717. The van der Waals surface area contributed by atoms with Gasteiger partial charge in [-0.2, -0.15) is 5.10 Å². The molecule has 0 spiro atoms. The van der Waals surface area contributed by atoms with Crippen molar-refractivity contribution in [1.29, 1.82) is 0 Å². The number of fused-ring (bicyclic) bond motifs is 1. The number of aromatic amines is 1. The second kappa shape index (κ2) is 6.80. The first-order valence-corrected chi connectivity index (χ1v) is 10.5. The molecule has 0 aliphatic carbocycles. The summed E-state index contributed by atoms with van der Waals surface area (Å²) < 4.78 is 30.3. The number of hydrogen-bond acceptors (Lipinski definition) is 5. The van der Waals surface area contributed by atoms with Crippen molar-refractivity contribution in [3.63, 3.8) is 0 Å². The van der Waals surface area contributed by atoms with Crippen LogP contribution in [0.2, 0.25) is 0 Å². The van der Waals surface area contributed by atoms with E-state index in [-0.39, 0.29) is 4.90 Å². The van der Waals surface area contributed by atoms with Gasteiger partial charge in [0.1, 0.15) is 10.7 Å². The van der Waals surface area contributed by atoms with Crippen LogP contribution < -0.4 is 4.72 Å². The highest BCUT2D eigenvalue weighted by molar-refractivity contribution is 7.92. The minimum Gasteiger partial charge on any atom is -0.311 e. The molecule has 0 amide bonds. The van der Waals surface area contributed by atoms with E-state index in [4.69, 9.17) is 0 Å². The van der Waals surface area contributed by atoms with Gasteiger partial charge in [-0.1, -0.05) is 18.6 Å². The standard InChI is InChI=1S/C18H22N6O2S/c1-12-17(13(2)20-19-12)27(25,26)23-15-8-6-7-14(11-15)18-22-21-16-9-4-3-5-10-24(16)18/h6-8,11,23H,3-5,9-10H2,1-2H3,(H,19,20). The fraction of sp³-hybridized carbons (Fsp3) is 0.389. The number of aryl methyl sites for hydroxylation is 3. The van der Waals surface area contributed by atoms with Crippen molar-refractivity contribution in [2.75, 3.05) is 4.72 Å². The fourth-order valence-corrected chi connectivity index (χ4v) is 4.99. The first kappa shape index (κ1) is 17.7. The molecule has 0 radical (unpaired) electrons. The van der Waals surface area contributed by atoms with Gasteiger partial charge in [-0.25, -0.2) is 8.42 Å². The summed E-state index contributed by atoms with van der Waals surface area (Å²) in [6.45, 7) is 4.25. The topological polar surface area (TPSA) is 106 Å². The van der Waals surface area contributed by atoms with Crippen molar-refractivity contribution in [3.8, 4) is 11.4 Å². The number of H-pyrrole nitrogens is 1. The summed E-state index contributed by atoms with van der Waals surface area (Å²) in [5.41, 5.74) is 2.29. The van der Waals surface area contributed by atoms with Crippen LogP contribution in [-0.2, 0) is 23.0 Å². The molecule has 0 bridgehead atoms. The molecule has 3 aromatic rings. The second-order valence-corrected chi connectivity index (χ2v) is 8.47. The Morgan fingerprint density at radius 3 is 2.78 bits per heavy atom. The van der Waals surface area contributed by atoms with E-state index in [0.29, 0.717) is 17.1 Å². The monoisotopic (exact) mass is 386 g/mol. The molecule has 9 heteroatoms. The maximum atomic E-state index is 12.8. The normalized spacial score (nSPS) is 14.6. The van der Waals surface area contributed by atoms with Crippen LogP contribution in [0.4, 0.5) is 5.69 Å². The zero-order valence-electron chi connectivity index (χ0n) is 15.4. The Balaban J connectivity index is 1.67. The number of sulfonamides is 1. The highest BCUT2D eigenvalue weighted by atomic mass is 32.2. The van der Waals surface area contributed by atoms with Crippen molar-refractivity contribution in [1.82, 2.24) is 25.0 Å². The third-order valence-electron chi connectivity index (χ3n) is 4.81. The average molecular weight is 386 g/mol. The van der Waals surface area contributed by atoms with Gasteiger partial charge in [-0.15, -0.1) is 10.2 Å². The summed E-state index contributed by atoms with van der Waals surface area (Å²) in [6, 6.07) is 7.27. The number of rotatable bonds is 4. The van der Waals surface area contributed by atoms with E-state index in [1.807, 2.05) is 12.1 Å². The fourth-order valence-electron chi connectivity index (χ4n) is 3.56. The van der Waals surface area contributed by atoms with Crippen molar-refractivity contribution in [3.05, 3.63) is 41.5 Å². The Kier molecular flexibility index (Phi) is 4.47. The van der Waals surface area contributed by atoms with E-state index >= 15 is 0 Å². The minimum atomic E-state index is -3.73. The lowest BCUT2D eigenvalue weighted by Crippen LogP contribution is -2.14. The van der Waals surface area contributed by atoms with Gasteiger partial charge in [0.15, 0.2) is 5.82 Å². The molecular weight excluding hydrogens is 364 g/mol. The van der Waals surface area contributed by atoms with E-state index in [0.717, 1.165) is 43.0 Å². The summed E-state index contributed by atoms with van der Waals surface area (Å²) >= 11 is 0.